The van der Waals surface area contributed by atoms with Gasteiger partial charge in [-0.3, -0.25) is 14.5 Å². The third-order valence-corrected chi connectivity index (χ3v) is 7.34. The summed E-state index contributed by atoms with van der Waals surface area (Å²) in [6.45, 7) is 2.31. The molecule has 1 aliphatic heterocycles. The van der Waals surface area contributed by atoms with Gasteiger partial charge in [-0.05, 0) is 42.9 Å². The normalized spacial score (nSPS) is 19.2. The van der Waals surface area contributed by atoms with Crippen LogP contribution in [0.25, 0.3) is 10.9 Å². The van der Waals surface area contributed by atoms with Gasteiger partial charge in [0.1, 0.15) is 12.6 Å². The summed E-state index contributed by atoms with van der Waals surface area (Å²) < 4.78 is 0. The van der Waals surface area contributed by atoms with E-state index in [1.807, 2.05) is 65.7 Å². The molecule has 2 aliphatic rings. The van der Waals surface area contributed by atoms with Gasteiger partial charge < -0.3 is 15.2 Å². The number of aromatic nitrogens is 1. The molecule has 7 heteroatoms. The fourth-order valence-electron chi connectivity index (χ4n) is 5.03. The number of urea groups is 1. The molecule has 176 valence electrons. The molecule has 0 bridgehead atoms. The van der Waals surface area contributed by atoms with Crippen LogP contribution in [0.4, 0.5) is 4.79 Å². The topological polar surface area (TPSA) is 85.5 Å². The van der Waals surface area contributed by atoms with Crippen molar-refractivity contribution < 1.29 is 14.4 Å². The minimum absolute atomic E-state index is 0.0595. The number of benzene rings is 2. The van der Waals surface area contributed by atoms with Gasteiger partial charge in [0.2, 0.25) is 5.91 Å². The van der Waals surface area contributed by atoms with Gasteiger partial charge in [-0.1, -0.05) is 55.0 Å². The van der Waals surface area contributed by atoms with Gasteiger partial charge in [-0.2, -0.15) is 0 Å². The number of rotatable bonds is 8. The Morgan fingerprint density at radius 2 is 1.82 bits per heavy atom. The average Bonchev–Trinajstić information content (AvgIpc) is 3.33. The molecule has 1 aromatic heterocycles. The van der Waals surface area contributed by atoms with Crippen molar-refractivity contribution in [2.24, 2.45) is 5.92 Å². The van der Waals surface area contributed by atoms with Crippen LogP contribution in [0.1, 0.15) is 37.3 Å². The number of hydrogen-bond acceptors (Lipinski definition) is 3. The first-order chi connectivity index (χ1) is 16.5. The zero-order chi connectivity index (χ0) is 23.7. The summed E-state index contributed by atoms with van der Waals surface area (Å²) in [5.74, 6) is -0.0792. The number of amides is 4. The van der Waals surface area contributed by atoms with Crippen LogP contribution in [0.5, 0.6) is 0 Å². The van der Waals surface area contributed by atoms with Crippen molar-refractivity contribution in [2.75, 3.05) is 6.54 Å². The van der Waals surface area contributed by atoms with E-state index in [0.29, 0.717) is 18.9 Å². The molecule has 2 unspecified atom stereocenters. The van der Waals surface area contributed by atoms with Crippen molar-refractivity contribution in [1.82, 2.24) is 20.1 Å². The van der Waals surface area contributed by atoms with Crippen LogP contribution in [0.15, 0.2) is 60.8 Å². The molecule has 0 radical (unpaired) electrons. The van der Waals surface area contributed by atoms with E-state index in [2.05, 4.69) is 17.2 Å². The molecule has 5 rings (SSSR count). The summed E-state index contributed by atoms with van der Waals surface area (Å²) in [5, 5.41) is 3.81. The number of hydrogen-bond donors (Lipinski definition) is 2. The smallest absolute Gasteiger partial charge is 0.325 e. The highest BCUT2D eigenvalue weighted by Crippen LogP contribution is 2.33. The van der Waals surface area contributed by atoms with E-state index < -0.39 is 12.1 Å². The SMILES string of the molecule is CC(C1CCC1)N(Cc1ccccc1)C(=O)CN1C(=O)NC(Cc2c[nH]c3ccccc23)C1=O. The summed E-state index contributed by atoms with van der Waals surface area (Å²) in [5.41, 5.74) is 2.99. The van der Waals surface area contributed by atoms with Gasteiger partial charge in [0.15, 0.2) is 0 Å². The number of imide groups is 1. The Kier molecular flexibility index (Phi) is 6.09. The van der Waals surface area contributed by atoms with Crippen molar-refractivity contribution in [1.29, 1.82) is 0 Å². The largest absolute Gasteiger partial charge is 0.361 e. The highest BCUT2D eigenvalue weighted by molar-refractivity contribution is 6.06. The second-order valence-electron chi connectivity index (χ2n) is 9.43. The maximum Gasteiger partial charge on any atom is 0.325 e. The predicted molar refractivity (Wildman–Crippen MR) is 130 cm³/mol. The Bertz CT molecular complexity index is 1200. The lowest BCUT2D eigenvalue weighted by molar-refractivity contribution is -0.140. The summed E-state index contributed by atoms with van der Waals surface area (Å²) in [6.07, 6.45) is 5.65. The molecule has 7 nitrogen and oxygen atoms in total. The Labute approximate surface area is 199 Å². The van der Waals surface area contributed by atoms with E-state index in [9.17, 15) is 14.4 Å². The molecule has 3 aromatic rings. The highest BCUT2D eigenvalue weighted by atomic mass is 16.2. The number of fused-ring (bicyclic) bond motifs is 1. The molecule has 1 saturated carbocycles. The van der Waals surface area contributed by atoms with Crippen molar-refractivity contribution in [3.63, 3.8) is 0 Å². The number of carbonyl (C=O) groups excluding carboxylic acids is 3. The van der Waals surface area contributed by atoms with E-state index in [1.54, 1.807) is 0 Å². The van der Waals surface area contributed by atoms with Gasteiger partial charge in [-0.15, -0.1) is 0 Å². The van der Waals surface area contributed by atoms with E-state index >= 15 is 0 Å². The second-order valence-corrected chi connectivity index (χ2v) is 9.43. The Hall–Kier alpha value is -3.61. The Balaban J connectivity index is 1.29. The molecule has 2 aromatic carbocycles. The monoisotopic (exact) mass is 458 g/mol. The molecule has 0 spiro atoms. The van der Waals surface area contributed by atoms with Gasteiger partial charge in [-0.25, -0.2) is 4.79 Å². The molecule has 1 saturated heterocycles. The van der Waals surface area contributed by atoms with E-state index in [-0.39, 0.29) is 24.4 Å². The summed E-state index contributed by atoms with van der Waals surface area (Å²) >= 11 is 0. The Morgan fingerprint density at radius 3 is 2.56 bits per heavy atom. The van der Waals surface area contributed by atoms with Gasteiger partial charge in [0, 0.05) is 36.1 Å². The van der Waals surface area contributed by atoms with Gasteiger partial charge in [0.05, 0.1) is 0 Å². The first-order valence-corrected chi connectivity index (χ1v) is 12.0. The first-order valence-electron chi connectivity index (χ1n) is 12.0. The minimum atomic E-state index is -0.675. The third-order valence-electron chi connectivity index (χ3n) is 7.34. The van der Waals surface area contributed by atoms with Crippen molar-refractivity contribution in [3.05, 3.63) is 71.9 Å². The molecule has 2 heterocycles. The van der Waals surface area contributed by atoms with E-state index in [0.717, 1.165) is 39.8 Å². The Morgan fingerprint density at radius 1 is 1.09 bits per heavy atom. The fourth-order valence-corrected chi connectivity index (χ4v) is 5.03. The molecule has 34 heavy (non-hydrogen) atoms. The molecule has 2 N–H and O–H groups in total. The van der Waals surface area contributed by atoms with Crippen LogP contribution < -0.4 is 5.32 Å². The molecule has 2 atom stereocenters. The summed E-state index contributed by atoms with van der Waals surface area (Å²) in [4.78, 5) is 45.4. The third kappa shape index (κ3) is 4.30. The van der Waals surface area contributed by atoms with Gasteiger partial charge in [0.25, 0.3) is 5.91 Å². The maximum absolute atomic E-state index is 13.4. The summed E-state index contributed by atoms with van der Waals surface area (Å²) in [6, 6.07) is 16.6. The van der Waals surface area contributed by atoms with Crippen LogP contribution in [0.3, 0.4) is 0 Å². The molecule has 1 aliphatic carbocycles. The van der Waals surface area contributed by atoms with Gasteiger partial charge >= 0.3 is 6.03 Å². The lowest BCUT2D eigenvalue weighted by Gasteiger charge is -2.39. The van der Waals surface area contributed by atoms with Crippen molar-refractivity contribution in [3.8, 4) is 0 Å². The van der Waals surface area contributed by atoms with E-state index in [1.165, 1.54) is 6.42 Å². The zero-order valence-electron chi connectivity index (χ0n) is 19.4. The summed E-state index contributed by atoms with van der Waals surface area (Å²) in [7, 11) is 0. The zero-order valence-corrected chi connectivity index (χ0v) is 19.4. The molecular formula is C27H30N4O3. The molecular weight excluding hydrogens is 428 g/mol. The van der Waals surface area contributed by atoms with Crippen LogP contribution in [-0.4, -0.2) is 51.3 Å². The molecule has 4 amide bonds. The standard InChI is InChI=1S/C27H30N4O3/c1-18(20-10-7-11-20)30(16-19-8-3-2-4-9-19)25(32)17-31-26(33)24(29-27(31)34)14-21-15-28-23-13-6-5-12-22(21)23/h2-6,8-9,12-13,15,18,20,24,28H,7,10-11,14,16-17H2,1H3,(H,29,34). The number of aromatic amines is 1. The van der Waals surface area contributed by atoms with E-state index in [4.69, 9.17) is 0 Å². The number of H-pyrrole nitrogens is 1. The van der Waals surface area contributed by atoms with Crippen LogP contribution in [-0.2, 0) is 22.6 Å². The molecule has 2 fully saturated rings. The first kappa shape index (κ1) is 22.2. The lowest BCUT2D eigenvalue weighted by Crippen LogP contribution is -2.49. The fraction of sp³-hybridized carbons (Fsp3) is 0.370. The predicted octanol–water partition coefficient (Wildman–Crippen LogP) is 3.85. The maximum atomic E-state index is 13.4. The van der Waals surface area contributed by atoms with Crippen LogP contribution in [0, 0.1) is 5.92 Å². The van der Waals surface area contributed by atoms with Crippen LogP contribution in [0.2, 0.25) is 0 Å². The van der Waals surface area contributed by atoms with Crippen molar-refractivity contribution in [2.45, 2.75) is 51.2 Å². The van der Waals surface area contributed by atoms with Crippen LogP contribution >= 0.6 is 0 Å². The number of carbonyl (C=O) groups is 3. The average molecular weight is 459 g/mol. The lowest BCUT2D eigenvalue weighted by atomic mass is 9.79. The number of para-hydroxylation sites is 1. The number of nitrogens with zero attached hydrogens (tertiary/aromatic N) is 2. The minimum Gasteiger partial charge on any atom is -0.361 e. The number of nitrogens with one attached hydrogen (secondary N) is 2. The highest BCUT2D eigenvalue weighted by Gasteiger charge is 2.41. The second kappa shape index (κ2) is 9.33. The van der Waals surface area contributed by atoms with Crippen molar-refractivity contribution >= 4 is 28.7 Å². The quantitative estimate of drug-likeness (QED) is 0.503.